The number of hydrogen-bond donors (Lipinski definition) is 2. The van der Waals surface area contributed by atoms with E-state index in [1.165, 1.54) is 0 Å². The second kappa shape index (κ2) is 6.14. The van der Waals surface area contributed by atoms with Gasteiger partial charge in [-0.05, 0) is 24.3 Å². The van der Waals surface area contributed by atoms with Crippen molar-refractivity contribution in [2.24, 2.45) is 0 Å². The largest absolute Gasteiger partial charge is 0.383 e. The third kappa shape index (κ3) is 2.66. The van der Waals surface area contributed by atoms with E-state index in [4.69, 9.17) is 11.6 Å². The van der Waals surface area contributed by atoms with E-state index in [1.54, 1.807) is 60.5 Å². The molecule has 23 heavy (non-hydrogen) atoms. The minimum absolute atomic E-state index is 0.156. The molecule has 0 fully saturated rings. The quantitative estimate of drug-likeness (QED) is 0.770. The van der Waals surface area contributed by atoms with Crippen LogP contribution in [0.2, 0.25) is 5.02 Å². The van der Waals surface area contributed by atoms with Crippen molar-refractivity contribution < 1.29 is 0 Å². The second-order valence-electron chi connectivity index (χ2n) is 4.92. The normalized spacial score (nSPS) is 10.5. The number of aromatic amines is 1. The maximum absolute atomic E-state index is 12.8. The van der Waals surface area contributed by atoms with Crippen LogP contribution in [0.4, 0.5) is 5.69 Å². The summed E-state index contributed by atoms with van der Waals surface area (Å²) in [5, 5.41) is 10.4. The molecule has 6 heteroatoms. The Labute approximate surface area is 138 Å². The van der Waals surface area contributed by atoms with E-state index in [1.807, 2.05) is 0 Å². The van der Waals surface area contributed by atoms with Crippen LogP contribution in [-0.2, 0) is 0 Å². The van der Waals surface area contributed by atoms with Crippen molar-refractivity contribution in [3.05, 3.63) is 70.4 Å². The minimum atomic E-state index is -0.156. The van der Waals surface area contributed by atoms with Crippen LogP contribution in [0.3, 0.4) is 0 Å². The summed E-state index contributed by atoms with van der Waals surface area (Å²) in [7, 11) is 1.72. The molecule has 0 aliphatic rings. The fourth-order valence-electron chi connectivity index (χ4n) is 2.50. The lowest BCUT2D eigenvalue weighted by molar-refractivity contribution is 0.991. The zero-order valence-electron chi connectivity index (χ0n) is 12.5. The predicted molar refractivity (Wildman–Crippen MR) is 94.3 cm³/mol. The van der Waals surface area contributed by atoms with E-state index in [-0.39, 0.29) is 5.56 Å². The summed E-state index contributed by atoms with van der Waals surface area (Å²) in [4.78, 5) is 12.8. The van der Waals surface area contributed by atoms with E-state index < -0.39 is 0 Å². The van der Waals surface area contributed by atoms with Gasteiger partial charge in [0.2, 0.25) is 0 Å². The smallest absolute Gasteiger partial charge is 0.279 e. The van der Waals surface area contributed by atoms with Crippen molar-refractivity contribution in [3.63, 3.8) is 0 Å². The van der Waals surface area contributed by atoms with Gasteiger partial charge in [0.15, 0.2) is 0 Å². The highest BCUT2D eigenvalue weighted by molar-refractivity contribution is 6.30. The molecule has 0 bridgehead atoms. The Balaban J connectivity index is 2.33. The Bertz CT molecular complexity index is 896. The third-order valence-corrected chi connectivity index (χ3v) is 3.87. The number of nitrogens with zero attached hydrogens (tertiary/aromatic N) is 2. The zero-order chi connectivity index (χ0) is 16.4. The van der Waals surface area contributed by atoms with E-state index in [0.29, 0.717) is 10.7 Å². The molecule has 5 nitrogen and oxygen atoms in total. The van der Waals surface area contributed by atoms with Crippen molar-refractivity contribution in [1.82, 2.24) is 14.8 Å². The number of halogens is 1. The number of anilines is 1. The molecule has 0 aliphatic heterocycles. The van der Waals surface area contributed by atoms with E-state index in [9.17, 15) is 4.79 Å². The van der Waals surface area contributed by atoms with Crippen LogP contribution in [0.25, 0.3) is 22.9 Å². The average Bonchev–Trinajstić information content (AvgIpc) is 3.09. The molecule has 0 aliphatic carbocycles. The van der Waals surface area contributed by atoms with E-state index in [2.05, 4.69) is 22.1 Å². The number of hydrogen-bond acceptors (Lipinski definition) is 3. The first-order valence-electron chi connectivity index (χ1n) is 7.00. The maximum atomic E-state index is 12.8. The van der Waals surface area contributed by atoms with Gasteiger partial charge in [0, 0.05) is 46.8 Å². The Morgan fingerprint density at radius 3 is 2.65 bits per heavy atom. The van der Waals surface area contributed by atoms with Crippen molar-refractivity contribution in [1.29, 1.82) is 0 Å². The van der Waals surface area contributed by atoms with Crippen molar-refractivity contribution in [2.75, 3.05) is 12.4 Å². The summed E-state index contributed by atoms with van der Waals surface area (Å²) < 4.78 is 1.58. The number of nitrogens with one attached hydrogen (secondary N) is 2. The summed E-state index contributed by atoms with van der Waals surface area (Å²) >= 11 is 5.93. The van der Waals surface area contributed by atoms with Gasteiger partial charge in [-0.25, -0.2) is 0 Å². The van der Waals surface area contributed by atoms with Gasteiger partial charge in [-0.3, -0.25) is 14.5 Å². The van der Waals surface area contributed by atoms with Crippen molar-refractivity contribution >= 4 is 23.4 Å². The van der Waals surface area contributed by atoms with Crippen LogP contribution in [0.1, 0.15) is 5.56 Å². The van der Waals surface area contributed by atoms with Crippen LogP contribution >= 0.6 is 11.6 Å². The summed E-state index contributed by atoms with van der Waals surface area (Å²) in [5.74, 6) is 0. The highest BCUT2D eigenvalue weighted by atomic mass is 35.5. The Hall–Kier alpha value is -2.79. The first-order valence-corrected chi connectivity index (χ1v) is 7.38. The SMILES string of the molecule is C=Cc1c(-c2cn[nH]c2)cn(-c2ccc(Cl)cc2)c(=O)c1NC. The van der Waals surface area contributed by atoms with E-state index >= 15 is 0 Å². The number of H-pyrrole nitrogens is 1. The van der Waals surface area contributed by atoms with Gasteiger partial charge in [-0.2, -0.15) is 5.10 Å². The standard InChI is InChI=1S/C17H15ClN4O/c1-3-14-15(11-8-20-21-9-11)10-22(17(23)16(14)19-2)13-6-4-12(18)5-7-13/h3-10,19H,1H2,2H3,(H,20,21). The lowest BCUT2D eigenvalue weighted by Gasteiger charge is -2.15. The van der Waals surface area contributed by atoms with Gasteiger partial charge in [0.05, 0.1) is 6.20 Å². The van der Waals surface area contributed by atoms with Gasteiger partial charge in [-0.1, -0.05) is 24.3 Å². The van der Waals surface area contributed by atoms with Crippen LogP contribution < -0.4 is 10.9 Å². The minimum Gasteiger partial charge on any atom is -0.383 e. The van der Waals surface area contributed by atoms with Crippen LogP contribution in [-0.4, -0.2) is 21.8 Å². The molecular weight excluding hydrogens is 312 g/mol. The third-order valence-electron chi connectivity index (χ3n) is 3.62. The molecule has 0 spiro atoms. The molecule has 116 valence electrons. The molecule has 0 saturated carbocycles. The van der Waals surface area contributed by atoms with Crippen LogP contribution in [0, 0.1) is 0 Å². The van der Waals surface area contributed by atoms with Gasteiger partial charge in [0.25, 0.3) is 5.56 Å². The molecule has 0 amide bonds. The summed E-state index contributed by atoms with van der Waals surface area (Å²) in [5.41, 5.74) is 3.53. The lowest BCUT2D eigenvalue weighted by Crippen LogP contribution is -2.22. The van der Waals surface area contributed by atoms with Gasteiger partial charge in [0.1, 0.15) is 5.69 Å². The lowest BCUT2D eigenvalue weighted by atomic mass is 10.0. The molecule has 3 aromatic rings. The average molecular weight is 327 g/mol. The zero-order valence-corrected chi connectivity index (χ0v) is 13.3. The molecule has 1 aromatic carbocycles. The van der Waals surface area contributed by atoms with Crippen molar-refractivity contribution in [2.45, 2.75) is 0 Å². The molecule has 3 rings (SSSR count). The highest BCUT2D eigenvalue weighted by Gasteiger charge is 2.15. The molecule has 0 saturated heterocycles. The highest BCUT2D eigenvalue weighted by Crippen LogP contribution is 2.28. The fraction of sp³-hybridized carbons (Fsp3) is 0.0588. The number of rotatable bonds is 4. The maximum Gasteiger partial charge on any atom is 0.279 e. The van der Waals surface area contributed by atoms with Crippen molar-refractivity contribution in [3.8, 4) is 16.8 Å². The molecule has 0 unspecified atom stereocenters. The van der Waals surface area contributed by atoms with E-state index in [0.717, 1.165) is 22.4 Å². The molecule has 2 heterocycles. The molecule has 0 radical (unpaired) electrons. The topological polar surface area (TPSA) is 62.7 Å². The Morgan fingerprint density at radius 2 is 2.09 bits per heavy atom. The van der Waals surface area contributed by atoms with Crippen LogP contribution in [0.15, 0.2) is 54.2 Å². The molecule has 2 N–H and O–H groups in total. The summed E-state index contributed by atoms with van der Waals surface area (Å²) in [6.07, 6.45) is 6.94. The second-order valence-corrected chi connectivity index (χ2v) is 5.36. The summed E-state index contributed by atoms with van der Waals surface area (Å²) in [6, 6.07) is 7.11. The van der Waals surface area contributed by atoms with Gasteiger partial charge >= 0.3 is 0 Å². The fourth-order valence-corrected chi connectivity index (χ4v) is 2.63. The summed E-state index contributed by atoms with van der Waals surface area (Å²) in [6.45, 7) is 3.83. The number of pyridine rings is 1. The van der Waals surface area contributed by atoms with Crippen LogP contribution in [0.5, 0.6) is 0 Å². The first kappa shape index (κ1) is 15.1. The molecule has 0 atom stereocenters. The molecular formula is C17H15ClN4O. The first-order chi connectivity index (χ1) is 11.2. The Kier molecular flexibility index (Phi) is 4.04. The number of benzene rings is 1. The monoisotopic (exact) mass is 326 g/mol. The molecule has 2 aromatic heterocycles. The Morgan fingerprint density at radius 1 is 1.35 bits per heavy atom. The van der Waals surface area contributed by atoms with Gasteiger partial charge < -0.3 is 5.32 Å². The predicted octanol–water partition coefficient (Wildman–Crippen LogP) is 3.57. The van der Waals surface area contributed by atoms with Gasteiger partial charge in [-0.15, -0.1) is 0 Å². The number of aromatic nitrogens is 3.